The fraction of sp³-hybridized carbons (Fsp3) is 0.474. The molecule has 8 heteroatoms. The second-order valence-electron chi connectivity index (χ2n) is 7.04. The monoisotopic (exact) mass is 371 g/mol. The molecular weight excluding hydrogens is 346 g/mol. The van der Waals surface area contributed by atoms with Crippen LogP contribution >= 0.6 is 0 Å². The molecule has 1 aromatic carbocycles. The van der Waals surface area contributed by atoms with Gasteiger partial charge in [0.25, 0.3) is 5.56 Å². The Labute approximate surface area is 157 Å². The van der Waals surface area contributed by atoms with E-state index < -0.39 is 11.8 Å². The molecule has 2 heterocycles. The van der Waals surface area contributed by atoms with Gasteiger partial charge in [-0.1, -0.05) is 6.42 Å². The summed E-state index contributed by atoms with van der Waals surface area (Å²) >= 11 is 0. The maximum absolute atomic E-state index is 12.8. The van der Waals surface area contributed by atoms with Crippen LogP contribution in [0, 0.1) is 0 Å². The lowest BCUT2D eigenvalue weighted by atomic mass is 10.2. The molecule has 0 unspecified atom stereocenters. The fourth-order valence-electron chi connectivity index (χ4n) is 3.16. The average molecular weight is 371 g/mol. The summed E-state index contributed by atoms with van der Waals surface area (Å²) in [6.45, 7) is 1.69. The summed E-state index contributed by atoms with van der Waals surface area (Å²) in [5.41, 5.74) is 0.924. The Morgan fingerprint density at radius 1 is 1.19 bits per heavy atom. The number of aryl methyl sites for hydroxylation is 1. The van der Waals surface area contributed by atoms with E-state index >= 15 is 0 Å². The Balaban J connectivity index is 1.78. The third-order valence-corrected chi connectivity index (χ3v) is 4.62. The van der Waals surface area contributed by atoms with Gasteiger partial charge in [0.1, 0.15) is 5.82 Å². The maximum Gasteiger partial charge on any atom is 0.313 e. The number of carbonyl (C=O) groups is 2. The van der Waals surface area contributed by atoms with E-state index in [1.807, 2.05) is 19.0 Å². The van der Waals surface area contributed by atoms with Gasteiger partial charge < -0.3 is 15.5 Å². The number of aromatic nitrogens is 2. The molecule has 2 amide bonds. The topological polar surface area (TPSA) is 96.3 Å². The highest BCUT2D eigenvalue weighted by Gasteiger charge is 2.16. The first-order valence-electron chi connectivity index (χ1n) is 9.23. The Kier molecular flexibility index (Phi) is 5.85. The highest BCUT2D eigenvalue weighted by Crippen LogP contribution is 2.18. The lowest BCUT2D eigenvalue weighted by molar-refractivity contribution is -0.136. The molecule has 3 rings (SSSR count). The molecule has 1 aliphatic rings. The number of nitrogens with zero attached hydrogens (tertiary/aromatic N) is 3. The van der Waals surface area contributed by atoms with Gasteiger partial charge in [0.2, 0.25) is 0 Å². The number of hydrogen-bond donors (Lipinski definition) is 2. The summed E-state index contributed by atoms with van der Waals surface area (Å²) in [5.74, 6) is -0.633. The van der Waals surface area contributed by atoms with Crippen LogP contribution in [-0.4, -0.2) is 53.5 Å². The highest BCUT2D eigenvalue weighted by molar-refractivity contribution is 6.39. The lowest BCUT2D eigenvalue weighted by Crippen LogP contribution is -2.38. The molecule has 0 spiro atoms. The summed E-state index contributed by atoms with van der Waals surface area (Å²) in [6.07, 6.45) is 3.89. The summed E-state index contributed by atoms with van der Waals surface area (Å²) in [7, 11) is 3.77. The van der Waals surface area contributed by atoms with E-state index in [4.69, 9.17) is 0 Å². The highest BCUT2D eigenvalue weighted by atomic mass is 16.2. The molecule has 1 aromatic heterocycles. The number of fused-ring (bicyclic) bond motifs is 2. The summed E-state index contributed by atoms with van der Waals surface area (Å²) in [5, 5.41) is 5.56. The van der Waals surface area contributed by atoms with Crippen LogP contribution < -0.4 is 16.2 Å². The van der Waals surface area contributed by atoms with Gasteiger partial charge in [-0.2, -0.15) is 0 Å². The molecule has 1 aliphatic heterocycles. The van der Waals surface area contributed by atoms with Gasteiger partial charge >= 0.3 is 11.8 Å². The Morgan fingerprint density at radius 3 is 2.78 bits per heavy atom. The Morgan fingerprint density at radius 2 is 2.00 bits per heavy atom. The third-order valence-electron chi connectivity index (χ3n) is 4.62. The van der Waals surface area contributed by atoms with E-state index in [1.54, 1.807) is 22.8 Å². The van der Waals surface area contributed by atoms with Crippen molar-refractivity contribution < 1.29 is 9.59 Å². The first-order valence-corrected chi connectivity index (χ1v) is 9.23. The van der Waals surface area contributed by atoms with Crippen molar-refractivity contribution in [3.05, 3.63) is 34.4 Å². The summed E-state index contributed by atoms with van der Waals surface area (Å²) < 4.78 is 1.73. The first kappa shape index (κ1) is 19.0. The van der Waals surface area contributed by atoms with Gasteiger partial charge in [-0.15, -0.1) is 0 Å². The molecule has 2 N–H and O–H groups in total. The fourth-order valence-corrected chi connectivity index (χ4v) is 3.16. The van der Waals surface area contributed by atoms with Gasteiger partial charge in [0.15, 0.2) is 0 Å². The molecular formula is C19H25N5O3. The molecule has 0 radical (unpaired) electrons. The Hall–Kier alpha value is -2.74. The molecule has 2 aromatic rings. The zero-order valence-corrected chi connectivity index (χ0v) is 15.7. The normalized spacial score (nSPS) is 13.9. The van der Waals surface area contributed by atoms with Gasteiger partial charge in [-0.25, -0.2) is 4.98 Å². The van der Waals surface area contributed by atoms with Crippen LogP contribution in [0.3, 0.4) is 0 Å². The molecule has 0 saturated heterocycles. The first-order chi connectivity index (χ1) is 13.0. The molecule has 27 heavy (non-hydrogen) atoms. The number of benzene rings is 1. The average Bonchev–Trinajstić information content (AvgIpc) is 2.87. The molecule has 144 valence electrons. The zero-order valence-electron chi connectivity index (χ0n) is 15.7. The number of hydrogen-bond acceptors (Lipinski definition) is 5. The van der Waals surface area contributed by atoms with Gasteiger partial charge in [0, 0.05) is 31.7 Å². The van der Waals surface area contributed by atoms with Crippen molar-refractivity contribution in [3.63, 3.8) is 0 Å². The predicted octanol–water partition coefficient (Wildman–Crippen LogP) is 0.739. The smallest absolute Gasteiger partial charge is 0.313 e. The van der Waals surface area contributed by atoms with Crippen molar-refractivity contribution in [2.24, 2.45) is 0 Å². The van der Waals surface area contributed by atoms with Crippen LogP contribution in [0.25, 0.3) is 10.9 Å². The van der Waals surface area contributed by atoms with Crippen molar-refractivity contribution in [2.45, 2.75) is 32.2 Å². The number of likely N-dealkylation sites (N-methyl/N-ethyl adjacent to an activating group) is 1. The molecule has 0 bridgehead atoms. The van der Waals surface area contributed by atoms with Crippen molar-refractivity contribution in [1.29, 1.82) is 0 Å². The van der Waals surface area contributed by atoms with Gasteiger partial charge in [-0.3, -0.25) is 19.0 Å². The zero-order chi connectivity index (χ0) is 19.4. The second-order valence-corrected chi connectivity index (χ2v) is 7.04. The number of carbonyl (C=O) groups excluding carboxylic acids is 2. The van der Waals surface area contributed by atoms with Gasteiger partial charge in [0.05, 0.1) is 10.9 Å². The quantitative estimate of drug-likeness (QED) is 0.773. The van der Waals surface area contributed by atoms with E-state index in [0.717, 1.165) is 31.5 Å². The van der Waals surface area contributed by atoms with E-state index in [1.165, 1.54) is 0 Å². The van der Waals surface area contributed by atoms with Crippen molar-refractivity contribution >= 4 is 28.4 Å². The van der Waals surface area contributed by atoms with E-state index in [0.29, 0.717) is 36.2 Å². The molecule has 0 saturated carbocycles. The summed E-state index contributed by atoms with van der Waals surface area (Å²) in [6, 6.07) is 4.96. The maximum atomic E-state index is 12.8. The van der Waals surface area contributed by atoms with E-state index in [-0.39, 0.29) is 5.56 Å². The van der Waals surface area contributed by atoms with Crippen molar-refractivity contribution in [2.75, 3.05) is 32.5 Å². The van der Waals surface area contributed by atoms with E-state index in [2.05, 4.69) is 15.6 Å². The van der Waals surface area contributed by atoms with E-state index in [9.17, 15) is 14.4 Å². The predicted molar refractivity (Wildman–Crippen MR) is 104 cm³/mol. The number of rotatable bonds is 4. The van der Waals surface area contributed by atoms with Crippen LogP contribution in [0.4, 0.5) is 5.69 Å². The van der Waals surface area contributed by atoms with Crippen molar-refractivity contribution in [1.82, 2.24) is 19.8 Å². The standard InChI is InChI=1S/C19H25N5O3/c1-23(2)11-9-20-17(25)18(26)21-13-7-8-15-14(12-13)19(27)24-10-5-3-4-6-16(24)22-15/h7-8,12H,3-6,9-11H2,1-2H3,(H,20,25)(H,21,26). The second kappa shape index (κ2) is 8.30. The van der Waals surface area contributed by atoms with Crippen LogP contribution in [0.2, 0.25) is 0 Å². The number of nitrogens with one attached hydrogen (secondary N) is 2. The van der Waals surface area contributed by atoms with Crippen molar-refractivity contribution in [3.8, 4) is 0 Å². The molecule has 0 fully saturated rings. The molecule has 8 nitrogen and oxygen atoms in total. The van der Waals surface area contributed by atoms with Crippen LogP contribution in [-0.2, 0) is 22.6 Å². The Bertz CT molecular complexity index is 919. The van der Waals surface area contributed by atoms with Crippen LogP contribution in [0.15, 0.2) is 23.0 Å². The SMILES string of the molecule is CN(C)CCNC(=O)C(=O)Nc1ccc2nc3n(c(=O)c2c1)CCCCC3. The van der Waals surface area contributed by atoms with Crippen LogP contribution in [0.1, 0.15) is 25.1 Å². The summed E-state index contributed by atoms with van der Waals surface area (Å²) in [4.78, 5) is 43.3. The number of anilines is 1. The van der Waals surface area contributed by atoms with Gasteiger partial charge in [-0.05, 0) is 45.1 Å². The third kappa shape index (κ3) is 4.51. The minimum absolute atomic E-state index is 0.0940. The molecule has 0 aliphatic carbocycles. The lowest BCUT2D eigenvalue weighted by Gasteiger charge is -2.12. The minimum Gasteiger partial charge on any atom is -0.347 e. The van der Waals surface area contributed by atoms with Crippen LogP contribution in [0.5, 0.6) is 0 Å². The molecule has 0 atom stereocenters. The largest absolute Gasteiger partial charge is 0.347 e. The number of amides is 2. The minimum atomic E-state index is -0.754.